The summed E-state index contributed by atoms with van der Waals surface area (Å²) in [5, 5.41) is 2.84. The van der Waals surface area contributed by atoms with Crippen LogP contribution in [0.3, 0.4) is 0 Å². The Morgan fingerprint density at radius 1 is 1.16 bits per heavy atom. The van der Waals surface area contributed by atoms with E-state index in [-0.39, 0.29) is 12.0 Å². The Morgan fingerprint density at radius 2 is 1.82 bits per heavy atom. The number of nitrogens with zero attached hydrogens (tertiary/aromatic N) is 2. The summed E-state index contributed by atoms with van der Waals surface area (Å²) >= 11 is 5.82. The molecular weight excluding hydrogens is 510 g/mol. The van der Waals surface area contributed by atoms with E-state index in [2.05, 4.69) is 71.3 Å². The lowest BCUT2D eigenvalue weighted by Crippen LogP contribution is -2.16. The number of aromatic nitrogens is 2. The predicted octanol–water partition coefficient (Wildman–Crippen LogP) is 8.92. The van der Waals surface area contributed by atoms with E-state index in [4.69, 9.17) is 4.74 Å². The first-order valence-corrected chi connectivity index (χ1v) is 13.8. The second kappa shape index (κ2) is 12.9. The summed E-state index contributed by atoms with van der Waals surface area (Å²) in [4.78, 5) is 18.9. The van der Waals surface area contributed by atoms with Gasteiger partial charge < -0.3 is 4.74 Å². The van der Waals surface area contributed by atoms with Crippen molar-refractivity contribution in [1.82, 2.24) is 9.36 Å². The molecule has 0 bridgehead atoms. The molecule has 0 spiro atoms. The SMILES string of the molecule is C=C/C=C(/COC(=O)Nc1c(C)nsc1-c1ccc(-c2ccc(C3(C(=C)S)CC3)cc2)nc1)C(=C)C.CC. The van der Waals surface area contributed by atoms with E-state index in [1.54, 1.807) is 18.3 Å². The van der Waals surface area contributed by atoms with Crippen LogP contribution >= 0.6 is 24.2 Å². The van der Waals surface area contributed by atoms with Gasteiger partial charge in [0.1, 0.15) is 6.61 Å². The highest BCUT2D eigenvalue weighted by molar-refractivity contribution is 7.84. The molecule has 2 aromatic heterocycles. The van der Waals surface area contributed by atoms with E-state index in [0.29, 0.717) is 11.4 Å². The first-order chi connectivity index (χ1) is 18.2. The number of thiol groups is 1. The summed E-state index contributed by atoms with van der Waals surface area (Å²) in [7, 11) is 0. The molecule has 0 saturated heterocycles. The van der Waals surface area contributed by atoms with Crippen LogP contribution in [0.15, 0.2) is 90.5 Å². The van der Waals surface area contributed by atoms with Gasteiger partial charge in [0.05, 0.1) is 22.0 Å². The van der Waals surface area contributed by atoms with Gasteiger partial charge in [0, 0.05) is 22.7 Å². The quantitative estimate of drug-likeness (QED) is 0.208. The minimum atomic E-state index is -0.558. The fourth-order valence-electron chi connectivity index (χ4n) is 3.98. The van der Waals surface area contributed by atoms with Crippen LogP contribution in [0, 0.1) is 6.92 Å². The van der Waals surface area contributed by atoms with Gasteiger partial charge >= 0.3 is 6.09 Å². The molecule has 1 aromatic carbocycles. The molecule has 1 fully saturated rings. The summed E-state index contributed by atoms with van der Waals surface area (Å²) in [6, 6.07) is 12.4. The maximum absolute atomic E-state index is 12.5. The first kappa shape index (κ1) is 29.1. The van der Waals surface area contributed by atoms with E-state index in [0.717, 1.165) is 50.6 Å². The number of nitrogens with one attached hydrogen (secondary N) is 1. The molecule has 3 aromatic rings. The highest BCUT2D eigenvalue weighted by Crippen LogP contribution is 2.54. The highest BCUT2D eigenvalue weighted by Gasteiger charge is 2.45. The molecule has 38 heavy (non-hydrogen) atoms. The van der Waals surface area contributed by atoms with Crippen molar-refractivity contribution < 1.29 is 9.53 Å². The zero-order valence-corrected chi connectivity index (χ0v) is 24.2. The number of anilines is 1. The standard InChI is InChI=1S/C29H29N3O2S2.C2H6/c1-6-7-23(18(2)3)17-34-28(33)31-26-19(4)32-36-27(26)22-10-13-25(30-16-22)21-8-11-24(12-9-21)29(14-15-29)20(5)35;1-2/h6-13,16,35H,1-2,5,14-15,17H2,3-4H3,(H,31,33);1-2H3/b23-7-;. The Bertz CT molecular complexity index is 1350. The molecule has 1 aliphatic carbocycles. The van der Waals surface area contributed by atoms with Crippen LogP contribution in [-0.4, -0.2) is 22.1 Å². The normalized spacial score (nSPS) is 13.6. The maximum atomic E-state index is 12.5. The van der Waals surface area contributed by atoms with E-state index >= 15 is 0 Å². The van der Waals surface area contributed by atoms with E-state index in [1.807, 2.05) is 39.8 Å². The van der Waals surface area contributed by atoms with Crippen molar-refractivity contribution in [3.8, 4) is 21.7 Å². The minimum absolute atomic E-state index is 0.0293. The third-order valence-electron chi connectivity index (χ3n) is 6.38. The number of carbonyl (C=O) groups excluding carboxylic acids is 1. The lowest BCUT2D eigenvalue weighted by atomic mass is 9.94. The molecule has 1 amide bonds. The summed E-state index contributed by atoms with van der Waals surface area (Å²) in [6.07, 6.45) is 6.86. The Labute approximate surface area is 235 Å². The van der Waals surface area contributed by atoms with Gasteiger partial charge in [-0.25, -0.2) is 4.79 Å². The molecule has 0 aliphatic heterocycles. The largest absolute Gasteiger partial charge is 0.444 e. The van der Waals surface area contributed by atoms with Crippen LogP contribution in [0.5, 0.6) is 0 Å². The molecule has 0 unspecified atom stereocenters. The molecular formula is C31H35N3O2S2. The van der Waals surface area contributed by atoms with Crippen LogP contribution in [-0.2, 0) is 10.2 Å². The third kappa shape index (κ3) is 6.52. The molecule has 7 heteroatoms. The summed E-state index contributed by atoms with van der Waals surface area (Å²) in [5.74, 6) is 0. The molecule has 0 atom stereocenters. The molecule has 4 rings (SSSR count). The van der Waals surface area contributed by atoms with E-state index in [9.17, 15) is 4.79 Å². The molecule has 198 valence electrons. The van der Waals surface area contributed by atoms with Gasteiger partial charge in [-0.2, -0.15) is 4.37 Å². The number of benzene rings is 1. The zero-order chi connectivity index (χ0) is 27.9. The topological polar surface area (TPSA) is 64.1 Å². The highest BCUT2D eigenvalue weighted by atomic mass is 32.1. The number of pyridine rings is 1. The van der Waals surface area contributed by atoms with Crippen LogP contribution in [0.1, 0.15) is 44.9 Å². The molecule has 2 heterocycles. The fourth-order valence-corrected chi connectivity index (χ4v) is 5.17. The van der Waals surface area contributed by atoms with Gasteiger partial charge in [0.2, 0.25) is 0 Å². The van der Waals surface area contributed by atoms with Gasteiger partial charge in [0.15, 0.2) is 0 Å². The zero-order valence-electron chi connectivity index (χ0n) is 22.5. The van der Waals surface area contributed by atoms with Crippen molar-refractivity contribution in [1.29, 1.82) is 0 Å². The van der Waals surface area contributed by atoms with E-state index in [1.165, 1.54) is 17.1 Å². The van der Waals surface area contributed by atoms with Crippen molar-refractivity contribution >= 4 is 35.9 Å². The molecule has 5 nitrogen and oxygen atoms in total. The molecule has 1 saturated carbocycles. The molecule has 1 N–H and O–H groups in total. The summed E-state index contributed by atoms with van der Waals surface area (Å²) < 4.78 is 9.81. The third-order valence-corrected chi connectivity index (χ3v) is 7.79. The van der Waals surface area contributed by atoms with Gasteiger partial charge in [-0.3, -0.25) is 10.3 Å². The number of allylic oxidation sites excluding steroid dienone is 3. The number of carbonyl (C=O) groups is 1. The number of amides is 1. The molecule has 1 aliphatic rings. The van der Waals surface area contributed by atoms with Crippen LogP contribution in [0.25, 0.3) is 21.7 Å². The van der Waals surface area contributed by atoms with Gasteiger partial charge in [0.25, 0.3) is 0 Å². The maximum Gasteiger partial charge on any atom is 0.412 e. The van der Waals surface area contributed by atoms with Gasteiger partial charge in [-0.1, -0.05) is 75.6 Å². The number of aryl methyl sites for hydroxylation is 1. The average molecular weight is 546 g/mol. The van der Waals surface area contributed by atoms with Crippen molar-refractivity contribution in [3.05, 3.63) is 102 Å². The Morgan fingerprint density at radius 3 is 2.34 bits per heavy atom. The lowest BCUT2D eigenvalue weighted by molar-refractivity contribution is 0.172. The van der Waals surface area contributed by atoms with Crippen LogP contribution < -0.4 is 5.32 Å². The summed E-state index contributed by atoms with van der Waals surface area (Å²) in [5.41, 5.74) is 7.01. The average Bonchev–Trinajstić information content (AvgIpc) is 3.67. The molecule has 0 radical (unpaired) electrons. The minimum Gasteiger partial charge on any atom is -0.444 e. The Kier molecular flexibility index (Phi) is 9.89. The monoisotopic (exact) mass is 545 g/mol. The number of hydrogen-bond donors (Lipinski definition) is 2. The van der Waals surface area contributed by atoms with Gasteiger partial charge in [-0.05, 0) is 66.4 Å². The van der Waals surface area contributed by atoms with Crippen LogP contribution in [0.2, 0.25) is 0 Å². The summed E-state index contributed by atoms with van der Waals surface area (Å²) in [6.45, 7) is 19.4. The number of rotatable bonds is 9. The van der Waals surface area contributed by atoms with Crippen molar-refractivity contribution in [2.45, 2.75) is 46.0 Å². The van der Waals surface area contributed by atoms with Gasteiger partial charge in [-0.15, -0.1) is 12.6 Å². The van der Waals surface area contributed by atoms with E-state index < -0.39 is 6.09 Å². The Balaban J connectivity index is 0.00000195. The van der Waals surface area contributed by atoms with Crippen molar-refractivity contribution in [2.24, 2.45) is 0 Å². The number of hydrogen-bond acceptors (Lipinski definition) is 6. The van der Waals surface area contributed by atoms with Crippen LogP contribution in [0.4, 0.5) is 10.5 Å². The van der Waals surface area contributed by atoms with Crippen molar-refractivity contribution in [2.75, 3.05) is 11.9 Å². The second-order valence-electron chi connectivity index (χ2n) is 8.92. The second-order valence-corrected chi connectivity index (χ2v) is 10.2. The Hall–Kier alpha value is -3.42. The smallest absolute Gasteiger partial charge is 0.412 e. The van der Waals surface area contributed by atoms with Crippen molar-refractivity contribution in [3.63, 3.8) is 0 Å². The predicted molar refractivity (Wildman–Crippen MR) is 164 cm³/mol. The lowest BCUT2D eigenvalue weighted by Gasteiger charge is -2.15. The first-order valence-electron chi connectivity index (χ1n) is 12.6. The fraction of sp³-hybridized carbons (Fsp3) is 0.258. The number of ether oxygens (including phenoxy) is 1.